The number of carbonyl (C=O) groups is 1. The first-order chi connectivity index (χ1) is 17.4. The highest BCUT2D eigenvalue weighted by atomic mass is 35.5. The lowest BCUT2D eigenvalue weighted by Crippen LogP contribution is -2.23. The van der Waals surface area contributed by atoms with E-state index in [4.69, 9.17) is 26.6 Å². The van der Waals surface area contributed by atoms with Crippen molar-refractivity contribution >= 4 is 34.5 Å². The van der Waals surface area contributed by atoms with Gasteiger partial charge in [0.25, 0.3) is 11.3 Å². The van der Waals surface area contributed by atoms with Crippen molar-refractivity contribution in [2.24, 2.45) is 5.73 Å². The first kappa shape index (κ1) is 28.4. The van der Waals surface area contributed by atoms with Gasteiger partial charge in [0.1, 0.15) is 18.1 Å². The molecule has 1 amide bonds. The van der Waals surface area contributed by atoms with Crippen LogP contribution in [0.15, 0.2) is 54.6 Å². The number of rotatable bonds is 10. The van der Waals surface area contributed by atoms with Crippen LogP contribution in [0.2, 0.25) is 5.02 Å². The summed E-state index contributed by atoms with van der Waals surface area (Å²) in [5.41, 5.74) is 5.36. The molecule has 3 rings (SSSR count). The summed E-state index contributed by atoms with van der Waals surface area (Å²) < 4.78 is 81.1. The van der Waals surface area contributed by atoms with E-state index in [0.717, 1.165) is 16.4 Å². The molecule has 2 atom stereocenters. The number of amides is 1. The highest BCUT2D eigenvalue weighted by Crippen LogP contribution is 2.33. The molecule has 0 spiro atoms. The third-order valence-corrected chi connectivity index (χ3v) is 6.43. The van der Waals surface area contributed by atoms with Crippen molar-refractivity contribution in [3.8, 4) is 5.88 Å². The second-order valence-corrected chi connectivity index (χ2v) is 9.45. The van der Waals surface area contributed by atoms with E-state index < -0.39 is 40.8 Å². The minimum absolute atomic E-state index is 0.0141. The fourth-order valence-corrected chi connectivity index (χ4v) is 3.97. The van der Waals surface area contributed by atoms with Crippen LogP contribution in [0.3, 0.4) is 0 Å². The predicted octanol–water partition coefficient (Wildman–Crippen LogP) is 5.25. The van der Waals surface area contributed by atoms with Gasteiger partial charge >= 0.3 is 6.18 Å². The predicted molar refractivity (Wildman–Crippen MR) is 131 cm³/mol. The van der Waals surface area contributed by atoms with Gasteiger partial charge in [0, 0.05) is 17.6 Å². The van der Waals surface area contributed by atoms with E-state index >= 15 is 0 Å². The number of aromatic nitrogens is 1. The van der Waals surface area contributed by atoms with Crippen molar-refractivity contribution in [2.75, 3.05) is 11.4 Å². The molecular weight excluding hydrogens is 538 g/mol. The van der Waals surface area contributed by atoms with E-state index in [1.165, 1.54) is 25.2 Å². The van der Waals surface area contributed by atoms with Crippen LogP contribution < -0.4 is 14.8 Å². The summed E-state index contributed by atoms with van der Waals surface area (Å²) >= 11 is 3.39. The summed E-state index contributed by atoms with van der Waals surface area (Å²) in [5, 5.41) is 0.486. The first-order valence-corrected chi connectivity index (χ1v) is 12.2. The van der Waals surface area contributed by atoms with E-state index in [1.807, 2.05) is 0 Å². The Morgan fingerprint density at radius 1 is 1.19 bits per heavy atom. The third kappa shape index (κ3) is 7.40. The fraction of sp³-hybridized carbons (Fsp3) is 0.250. The number of benzene rings is 2. The van der Waals surface area contributed by atoms with Gasteiger partial charge in [0.2, 0.25) is 11.8 Å². The topological polar surface area (TPSA) is 106 Å². The monoisotopic (exact) mass is 559 g/mol. The SMILES string of the molecule is CN(c1ccc(C(CCc2ccc(C(F)(F)F)nc2OCc2ccc(Cl)cc2)C(N)=O)cc1F)S(=O)O. The molecule has 1 heterocycles. The van der Waals surface area contributed by atoms with Crippen LogP contribution in [0.25, 0.3) is 0 Å². The molecule has 0 aliphatic heterocycles. The maximum Gasteiger partial charge on any atom is 0.433 e. The third-order valence-electron chi connectivity index (χ3n) is 5.51. The number of hydrogen-bond donors (Lipinski definition) is 2. The molecule has 7 nitrogen and oxygen atoms in total. The Kier molecular flexibility index (Phi) is 9.11. The van der Waals surface area contributed by atoms with Crippen LogP contribution >= 0.6 is 11.6 Å². The van der Waals surface area contributed by atoms with Crippen LogP contribution in [0, 0.1) is 5.82 Å². The quantitative estimate of drug-likeness (QED) is 0.261. The molecule has 0 bridgehead atoms. The number of nitrogens with zero attached hydrogens (tertiary/aromatic N) is 2. The number of aryl methyl sites for hydroxylation is 1. The molecule has 2 unspecified atom stereocenters. The second-order valence-electron chi connectivity index (χ2n) is 8.01. The molecule has 198 valence electrons. The van der Waals surface area contributed by atoms with Gasteiger partial charge in [-0.3, -0.25) is 13.7 Å². The average Bonchev–Trinajstić information content (AvgIpc) is 2.83. The number of hydrogen-bond acceptors (Lipinski definition) is 4. The summed E-state index contributed by atoms with van der Waals surface area (Å²) in [7, 11) is 1.21. The number of nitrogens with two attached hydrogens (primary N) is 1. The number of carbonyl (C=O) groups excluding carboxylic acids is 1. The molecule has 0 saturated heterocycles. The number of pyridine rings is 1. The van der Waals surface area contributed by atoms with Crippen LogP contribution in [-0.4, -0.2) is 26.7 Å². The van der Waals surface area contributed by atoms with Gasteiger partial charge in [-0.25, -0.2) is 13.6 Å². The summed E-state index contributed by atoms with van der Waals surface area (Å²) in [5.74, 6) is -2.90. The normalized spacial score (nSPS) is 13.2. The maximum atomic E-state index is 14.6. The van der Waals surface area contributed by atoms with Gasteiger partial charge < -0.3 is 10.5 Å². The largest absolute Gasteiger partial charge is 0.473 e. The lowest BCUT2D eigenvalue weighted by Gasteiger charge is -2.19. The van der Waals surface area contributed by atoms with Crippen molar-refractivity contribution in [1.29, 1.82) is 0 Å². The lowest BCUT2D eigenvalue weighted by atomic mass is 9.91. The smallest absolute Gasteiger partial charge is 0.433 e. The zero-order valence-corrected chi connectivity index (χ0v) is 20.9. The Morgan fingerprint density at radius 2 is 1.86 bits per heavy atom. The van der Waals surface area contributed by atoms with Crippen LogP contribution in [-0.2, 0) is 35.3 Å². The minimum Gasteiger partial charge on any atom is -0.473 e. The number of halogens is 5. The van der Waals surface area contributed by atoms with Gasteiger partial charge in [-0.05, 0) is 54.3 Å². The molecule has 1 aromatic heterocycles. The maximum absolute atomic E-state index is 14.6. The Hall–Kier alpha value is -3.22. The zero-order valence-electron chi connectivity index (χ0n) is 19.3. The molecule has 37 heavy (non-hydrogen) atoms. The van der Waals surface area contributed by atoms with Gasteiger partial charge in [0.05, 0.1) is 11.6 Å². The molecule has 0 aliphatic carbocycles. The second kappa shape index (κ2) is 11.9. The zero-order chi connectivity index (χ0) is 27.3. The number of anilines is 1. The molecule has 13 heteroatoms. The van der Waals surface area contributed by atoms with Crippen LogP contribution in [0.4, 0.5) is 23.2 Å². The number of alkyl halides is 3. The van der Waals surface area contributed by atoms with E-state index in [-0.39, 0.29) is 36.6 Å². The Morgan fingerprint density at radius 3 is 2.43 bits per heavy atom. The molecule has 3 aromatic rings. The van der Waals surface area contributed by atoms with Gasteiger partial charge in [0.15, 0.2) is 0 Å². The van der Waals surface area contributed by atoms with Gasteiger partial charge in [-0.1, -0.05) is 35.9 Å². The lowest BCUT2D eigenvalue weighted by molar-refractivity contribution is -0.141. The Balaban J connectivity index is 1.85. The van der Waals surface area contributed by atoms with E-state index in [0.29, 0.717) is 16.1 Å². The highest BCUT2D eigenvalue weighted by molar-refractivity contribution is 7.80. The molecular formula is C24H22ClF4N3O4S. The van der Waals surface area contributed by atoms with Crippen molar-refractivity contribution in [3.05, 3.63) is 87.8 Å². The molecule has 0 saturated carbocycles. The highest BCUT2D eigenvalue weighted by Gasteiger charge is 2.33. The fourth-order valence-electron chi connectivity index (χ4n) is 3.53. The summed E-state index contributed by atoms with van der Waals surface area (Å²) in [6.45, 7) is -0.0792. The van der Waals surface area contributed by atoms with Crippen LogP contribution in [0.5, 0.6) is 5.88 Å². The van der Waals surface area contributed by atoms with Gasteiger partial charge in [-0.15, -0.1) is 0 Å². The van der Waals surface area contributed by atoms with Crippen molar-refractivity contribution in [1.82, 2.24) is 4.98 Å². The molecule has 0 radical (unpaired) electrons. The summed E-state index contributed by atoms with van der Waals surface area (Å²) in [6.07, 6.45) is -4.64. The van der Waals surface area contributed by atoms with E-state index in [9.17, 15) is 26.6 Å². The van der Waals surface area contributed by atoms with Crippen molar-refractivity contribution in [2.45, 2.75) is 31.5 Å². The molecule has 0 fully saturated rings. The number of primary amides is 1. The Labute approximate surface area is 217 Å². The van der Waals surface area contributed by atoms with Crippen molar-refractivity contribution in [3.63, 3.8) is 0 Å². The summed E-state index contributed by atoms with van der Waals surface area (Å²) in [6, 6.07) is 12.2. The first-order valence-electron chi connectivity index (χ1n) is 10.7. The van der Waals surface area contributed by atoms with Crippen molar-refractivity contribution < 1.29 is 35.9 Å². The van der Waals surface area contributed by atoms with E-state index in [1.54, 1.807) is 24.3 Å². The minimum atomic E-state index is -4.70. The molecule has 3 N–H and O–H groups in total. The van der Waals surface area contributed by atoms with Gasteiger partial charge in [-0.2, -0.15) is 13.2 Å². The Bertz CT molecular complexity index is 1290. The summed E-state index contributed by atoms with van der Waals surface area (Å²) in [4.78, 5) is 15.8. The van der Waals surface area contributed by atoms with E-state index in [2.05, 4.69) is 4.98 Å². The average molecular weight is 560 g/mol. The number of ether oxygens (including phenoxy) is 1. The molecule has 2 aromatic carbocycles. The molecule has 0 aliphatic rings. The van der Waals surface area contributed by atoms with Crippen LogP contribution in [0.1, 0.15) is 34.7 Å². The standard InChI is InChI=1S/C24H22ClF4N3O4S/c1-32(37(34)35)20-10-5-16(12-19(20)26)18(22(30)33)9-4-15-6-11-21(24(27,28)29)31-23(15)36-13-14-2-7-17(25)8-3-14/h2-3,5-8,10-12,18H,4,9,13H2,1H3,(H2,30,33)(H,34,35).